The second kappa shape index (κ2) is 22.6. The number of anilines is 2. The molecule has 2 aliphatic heterocycles. The van der Waals surface area contributed by atoms with Crippen LogP contribution >= 0.6 is 12.2 Å². The van der Waals surface area contributed by atoms with E-state index in [0.29, 0.717) is 56.3 Å². The summed E-state index contributed by atoms with van der Waals surface area (Å²) >= 11 is 5.62. The minimum absolute atomic E-state index is 0.00847. The van der Waals surface area contributed by atoms with E-state index in [-0.39, 0.29) is 43.5 Å². The van der Waals surface area contributed by atoms with Crippen molar-refractivity contribution in [2.75, 3.05) is 49.4 Å². The highest BCUT2D eigenvalue weighted by Crippen LogP contribution is 2.40. The van der Waals surface area contributed by atoms with E-state index >= 15 is 0 Å². The van der Waals surface area contributed by atoms with Crippen LogP contribution < -0.4 is 25.2 Å². The van der Waals surface area contributed by atoms with Gasteiger partial charge in [0.05, 0.1) is 41.3 Å². The Balaban J connectivity index is 0.867. The number of aliphatic hydroxyl groups is 1. The predicted molar refractivity (Wildman–Crippen MR) is 256 cm³/mol. The maximum atomic E-state index is 13.9. The second-order valence-corrected chi connectivity index (χ2v) is 19.0. The van der Waals surface area contributed by atoms with Gasteiger partial charge in [0, 0.05) is 50.6 Å². The van der Waals surface area contributed by atoms with E-state index in [4.69, 9.17) is 30.8 Å². The van der Waals surface area contributed by atoms with Crippen molar-refractivity contribution in [1.29, 1.82) is 5.26 Å². The van der Waals surface area contributed by atoms with Crippen LogP contribution in [0.2, 0.25) is 0 Å². The van der Waals surface area contributed by atoms with Crippen molar-refractivity contribution in [3.8, 4) is 23.1 Å². The van der Waals surface area contributed by atoms with Crippen LogP contribution in [0, 0.1) is 23.7 Å². The van der Waals surface area contributed by atoms with Crippen LogP contribution in [0.5, 0.6) is 5.75 Å². The van der Waals surface area contributed by atoms with Gasteiger partial charge in [0.2, 0.25) is 17.7 Å². The van der Waals surface area contributed by atoms with E-state index in [0.717, 1.165) is 33.9 Å². The first kappa shape index (κ1) is 53.0. The third kappa shape index (κ3) is 12.7. The number of aromatic nitrogens is 1. The van der Waals surface area contributed by atoms with Crippen molar-refractivity contribution in [2.45, 2.75) is 104 Å². The molecule has 70 heavy (non-hydrogen) atoms. The zero-order valence-electron chi connectivity index (χ0n) is 39.9. The number of rotatable bonds is 20. The standard InChI is InChI=1S/C50H58F3N7O9S/c1-31-42(69-30-56-31)33-12-10-32(11-13-33)27-55-44(63)40-25-37(61)28-58(40)45(64)43(48(2,3)4)57-41(62)29-67-22-9-21-66-20-7-8-23-68-38-18-16-35(17-19-38)60-47(70)59(46(65)49(60,5)6)36-15-14-34(26-54)39(24-36)50(51,52)53/h10-19,24,30,37,40,43,61H,7-9,20-23,25,27-29H2,1-6H3,(H,55,63)(H,57,62)/t37-,40+,43-/m1/s1. The Morgan fingerprint density at radius 2 is 1.63 bits per heavy atom. The lowest BCUT2D eigenvalue weighted by Crippen LogP contribution is -2.58. The molecule has 6 rings (SSSR count). The van der Waals surface area contributed by atoms with Crippen LogP contribution in [0.3, 0.4) is 0 Å². The SMILES string of the molecule is Cc1ncoc1-c1ccc(CNC(=O)[C@@H]2C[C@@H](O)CN2C(=O)[C@@H](NC(=O)COCCCOCCCCOc2ccc(N3C(=S)N(c4ccc(C#N)c(C(F)(F)F)c4)C(=O)C3(C)C)cc2)C(C)(C)C)cc1. The molecule has 3 heterocycles. The molecule has 1 aromatic heterocycles. The van der Waals surface area contributed by atoms with Gasteiger partial charge in [0.25, 0.3) is 5.91 Å². The number of oxazole rings is 1. The zero-order valence-corrected chi connectivity index (χ0v) is 40.7. The molecule has 0 saturated carbocycles. The summed E-state index contributed by atoms with van der Waals surface area (Å²) in [4.78, 5) is 61.9. The minimum Gasteiger partial charge on any atom is -0.494 e. The predicted octanol–water partition coefficient (Wildman–Crippen LogP) is 6.85. The molecule has 374 valence electrons. The number of β-amino-alcohol motifs (C(OH)–C–C–N with tert-alkyl or cyclic N) is 1. The molecule has 2 fully saturated rings. The molecule has 16 nitrogen and oxygen atoms in total. The molecular weight excluding hydrogens is 932 g/mol. The van der Waals surface area contributed by atoms with Gasteiger partial charge in [-0.15, -0.1) is 0 Å². The summed E-state index contributed by atoms with van der Waals surface area (Å²) in [6.45, 7) is 11.9. The van der Waals surface area contributed by atoms with Crippen LogP contribution in [0.1, 0.15) is 82.7 Å². The lowest BCUT2D eigenvalue weighted by molar-refractivity contribution is -0.144. The highest BCUT2D eigenvalue weighted by Gasteiger charge is 2.51. The lowest BCUT2D eigenvalue weighted by atomic mass is 9.85. The van der Waals surface area contributed by atoms with Crippen LogP contribution in [0.15, 0.2) is 77.5 Å². The highest BCUT2D eigenvalue weighted by molar-refractivity contribution is 7.81. The average molecular weight is 990 g/mol. The maximum Gasteiger partial charge on any atom is 0.417 e. The van der Waals surface area contributed by atoms with Gasteiger partial charge in [0.1, 0.15) is 30.0 Å². The first-order valence-electron chi connectivity index (χ1n) is 22.8. The summed E-state index contributed by atoms with van der Waals surface area (Å²) in [5, 5.41) is 25.4. The third-order valence-electron chi connectivity index (χ3n) is 11.9. The van der Waals surface area contributed by atoms with Crippen LogP contribution in [-0.4, -0.2) is 107 Å². The average Bonchev–Trinajstić information content (AvgIpc) is 3.98. The second-order valence-electron chi connectivity index (χ2n) is 18.7. The number of nitriles is 1. The molecule has 2 saturated heterocycles. The van der Waals surface area contributed by atoms with Crippen molar-refractivity contribution < 1.29 is 56.1 Å². The quantitative estimate of drug-likeness (QED) is 0.0615. The number of thiocarbonyl (C=S) groups is 1. The number of benzene rings is 3. The van der Waals surface area contributed by atoms with Gasteiger partial charge in [-0.1, -0.05) is 45.0 Å². The topological polar surface area (TPSA) is 200 Å². The maximum absolute atomic E-state index is 13.9. The van der Waals surface area contributed by atoms with Crippen molar-refractivity contribution in [3.63, 3.8) is 0 Å². The molecule has 0 unspecified atom stereocenters. The summed E-state index contributed by atoms with van der Waals surface area (Å²) in [5.41, 5.74) is -0.777. The van der Waals surface area contributed by atoms with Gasteiger partial charge < -0.3 is 44.2 Å². The molecule has 0 radical (unpaired) electrons. The number of amides is 4. The van der Waals surface area contributed by atoms with Crippen molar-refractivity contribution >= 4 is 52.3 Å². The Kier molecular flexibility index (Phi) is 17.1. The number of halogens is 3. The van der Waals surface area contributed by atoms with Crippen molar-refractivity contribution in [1.82, 2.24) is 20.5 Å². The fraction of sp³-hybridized carbons (Fsp3) is 0.460. The number of aryl methyl sites for hydroxylation is 1. The Hall–Kier alpha value is -6.40. The van der Waals surface area contributed by atoms with Crippen molar-refractivity contribution in [2.24, 2.45) is 5.41 Å². The molecule has 20 heteroatoms. The molecule has 0 bridgehead atoms. The van der Waals surface area contributed by atoms with E-state index in [1.54, 1.807) is 69.9 Å². The number of carbonyl (C=O) groups excluding carboxylic acids is 4. The van der Waals surface area contributed by atoms with E-state index in [9.17, 15) is 42.7 Å². The van der Waals surface area contributed by atoms with Gasteiger partial charge >= 0.3 is 6.18 Å². The number of carbonyl (C=O) groups is 4. The molecular formula is C50H58F3N7O9S. The van der Waals surface area contributed by atoms with Gasteiger partial charge in [-0.05, 0) is 106 Å². The van der Waals surface area contributed by atoms with Gasteiger partial charge in [-0.25, -0.2) is 4.98 Å². The fourth-order valence-corrected chi connectivity index (χ4v) is 8.68. The number of alkyl halides is 3. The molecule has 3 atom stereocenters. The van der Waals surface area contributed by atoms with Gasteiger partial charge in [-0.2, -0.15) is 18.4 Å². The molecule has 2 aliphatic rings. The van der Waals surface area contributed by atoms with Crippen LogP contribution in [-0.2, 0) is 41.4 Å². The van der Waals surface area contributed by atoms with Crippen LogP contribution in [0.25, 0.3) is 11.3 Å². The Morgan fingerprint density at radius 3 is 2.27 bits per heavy atom. The Morgan fingerprint density at radius 1 is 0.971 bits per heavy atom. The Bertz CT molecular complexity index is 2560. The first-order chi connectivity index (χ1) is 33.1. The van der Waals surface area contributed by atoms with Crippen molar-refractivity contribution in [3.05, 3.63) is 95.5 Å². The first-order valence-corrected chi connectivity index (χ1v) is 23.3. The zero-order chi connectivity index (χ0) is 51.0. The van der Waals surface area contributed by atoms with E-state index < -0.39 is 70.1 Å². The number of nitrogens with one attached hydrogen (secondary N) is 2. The molecule has 4 amide bonds. The number of unbranched alkanes of at least 4 members (excludes halogenated alkanes) is 1. The highest BCUT2D eigenvalue weighted by atomic mass is 32.1. The number of aliphatic hydroxyl groups excluding tert-OH is 1. The summed E-state index contributed by atoms with van der Waals surface area (Å²) in [7, 11) is 0. The number of likely N-dealkylation sites (tertiary alicyclic amines) is 1. The molecule has 3 aromatic carbocycles. The van der Waals surface area contributed by atoms with E-state index in [1.165, 1.54) is 17.4 Å². The molecule has 0 spiro atoms. The summed E-state index contributed by atoms with van der Waals surface area (Å²) in [5.74, 6) is -0.677. The summed E-state index contributed by atoms with van der Waals surface area (Å²) < 4.78 is 63.7. The summed E-state index contributed by atoms with van der Waals surface area (Å²) in [6, 6.07) is 17.0. The number of nitrogens with zero attached hydrogens (tertiary/aromatic N) is 5. The minimum atomic E-state index is -4.80. The number of ether oxygens (including phenoxy) is 3. The smallest absolute Gasteiger partial charge is 0.417 e. The molecule has 4 aromatic rings. The van der Waals surface area contributed by atoms with E-state index in [2.05, 4.69) is 15.6 Å². The summed E-state index contributed by atoms with van der Waals surface area (Å²) in [6.07, 6.45) is -2.34. The number of hydrogen-bond acceptors (Lipinski definition) is 12. The largest absolute Gasteiger partial charge is 0.494 e. The lowest BCUT2D eigenvalue weighted by Gasteiger charge is -2.35. The Labute approximate surface area is 410 Å². The third-order valence-corrected chi connectivity index (χ3v) is 12.3. The molecule has 3 N–H and O–H groups in total. The van der Waals surface area contributed by atoms with Gasteiger partial charge in [0.15, 0.2) is 17.3 Å². The van der Waals surface area contributed by atoms with E-state index in [1.807, 2.05) is 31.2 Å². The monoisotopic (exact) mass is 989 g/mol. The normalized spacial score (nSPS) is 17.4. The number of hydrogen-bond donors (Lipinski definition) is 3. The van der Waals surface area contributed by atoms with Gasteiger partial charge in [-0.3, -0.25) is 24.1 Å². The molecule has 0 aliphatic carbocycles. The fourth-order valence-electron chi connectivity index (χ4n) is 8.16. The van der Waals surface area contributed by atoms with Crippen LogP contribution in [0.4, 0.5) is 24.5 Å².